The minimum Gasteiger partial charge on any atom is -0.481 e. The van der Waals surface area contributed by atoms with Crippen molar-refractivity contribution in [3.63, 3.8) is 0 Å². The smallest absolute Gasteiger partial charge is 0.279 e. The summed E-state index contributed by atoms with van der Waals surface area (Å²) in [5, 5.41) is 0. The van der Waals surface area contributed by atoms with Crippen molar-refractivity contribution in [2.75, 3.05) is 0 Å². The minimum absolute atomic E-state index is 0.373. The van der Waals surface area contributed by atoms with Crippen molar-refractivity contribution < 1.29 is 14.3 Å². The van der Waals surface area contributed by atoms with Gasteiger partial charge < -0.3 is 4.74 Å². The molecule has 126 valence electrons. The Hall–Kier alpha value is -2.82. The molecule has 0 saturated heterocycles. The molecule has 0 aliphatic carbocycles. The molecule has 2 amide bonds. The van der Waals surface area contributed by atoms with Crippen molar-refractivity contribution in [3.8, 4) is 5.75 Å². The molecule has 2 N–H and O–H groups in total. The van der Waals surface area contributed by atoms with Crippen LogP contribution in [0.2, 0.25) is 0 Å². The number of ether oxygens (including phenoxy) is 1. The van der Waals surface area contributed by atoms with Crippen LogP contribution in [0.15, 0.2) is 42.5 Å². The Bertz CT molecular complexity index is 739. The van der Waals surface area contributed by atoms with Crippen LogP contribution in [0, 0.1) is 20.8 Å². The molecule has 0 bridgehead atoms. The molecule has 2 rings (SSSR count). The molecule has 0 fully saturated rings. The number of hydrazine groups is 1. The van der Waals surface area contributed by atoms with E-state index in [1.165, 1.54) is 0 Å². The number of amides is 2. The summed E-state index contributed by atoms with van der Waals surface area (Å²) in [7, 11) is 0. The van der Waals surface area contributed by atoms with Gasteiger partial charge in [0.2, 0.25) is 0 Å². The Morgan fingerprint density at radius 3 is 2.29 bits per heavy atom. The zero-order chi connectivity index (χ0) is 17.7. The topological polar surface area (TPSA) is 67.4 Å². The van der Waals surface area contributed by atoms with E-state index in [4.69, 9.17) is 4.74 Å². The standard InChI is InChI=1S/C19H22N2O3/c1-12-8-10-16(11-9-12)19(23)21-20-18(22)15(4)24-17-7-5-6-13(2)14(17)3/h5-11,15H,1-4H3,(H,20,22)(H,21,23). The molecule has 0 aromatic heterocycles. The largest absolute Gasteiger partial charge is 0.481 e. The Labute approximate surface area is 142 Å². The van der Waals surface area contributed by atoms with Gasteiger partial charge in [0.1, 0.15) is 5.75 Å². The normalized spacial score (nSPS) is 11.5. The van der Waals surface area contributed by atoms with E-state index in [1.807, 2.05) is 51.1 Å². The lowest BCUT2D eigenvalue weighted by atomic mass is 10.1. The Kier molecular flexibility index (Phi) is 5.58. The molecule has 1 unspecified atom stereocenters. The number of rotatable bonds is 4. The molecule has 0 radical (unpaired) electrons. The van der Waals surface area contributed by atoms with Gasteiger partial charge in [0.15, 0.2) is 6.10 Å². The average Bonchev–Trinajstić information content (AvgIpc) is 2.57. The molecule has 0 aliphatic rings. The first-order valence-corrected chi connectivity index (χ1v) is 7.78. The molecular weight excluding hydrogens is 304 g/mol. The maximum absolute atomic E-state index is 12.1. The number of nitrogens with one attached hydrogen (secondary N) is 2. The fourth-order valence-electron chi connectivity index (χ4n) is 2.09. The molecule has 0 saturated carbocycles. The number of hydrogen-bond donors (Lipinski definition) is 2. The molecule has 0 heterocycles. The fraction of sp³-hybridized carbons (Fsp3) is 0.263. The molecule has 2 aromatic carbocycles. The lowest BCUT2D eigenvalue weighted by Crippen LogP contribution is -2.47. The predicted molar refractivity (Wildman–Crippen MR) is 92.8 cm³/mol. The van der Waals surface area contributed by atoms with Gasteiger partial charge in [-0.05, 0) is 57.0 Å². The quantitative estimate of drug-likeness (QED) is 0.849. The van der Waals surface area contributed by atoms with E-state index >= 15 is 0 Å². The van der Waals surface area contributed by atoms with E-state index < -0.39 is 12.0 Å². The summed E-state index contributed by atoms with van der Waals surface area (Å²) < 4.78 is 5.68. The molecule has 2 aromatic rings. The second kappa shape index (κ2) is 7.64. The van der Waals surface area contributed by atoms with Crippen LogP contribution in [-0.4, -0.2) is 17.9 Å². The first-order chi connectivity index (χ1) is 11.4. The monoisotopic (exact) mass is 326 g/mol. The van der Waals surface area contributed by atoms with Crippen LogP contribution in [0.1, 0.15) is 34.0 Å². The highest BCUT2D eigenvalue weighted by Crippen LogP contribution is 2.21. The van der Waals surface area contributed by atoms with Crippen LogP contribution in [-0.2, 0) is 4.79 Å². The van der Waals surface area contributed by atoms with Crippen molar-refractivity contribution in [1.29, 1.82) is 0 Å². The van der Waals surface area contributed by atoms with Crippen molar-refractivity contribution in [2.24, 2.45) is 0 Å². The molecule has 1 atom stereocenters. The van der Waals surface area contributed by atoms with E-state index in [0.29, 0.717) is 11.3 Å². The van der Waals surface area contributed by atoms with Crippen molar-refractivity contribution in [1.82, 2.24) is 10.9 Å². The lowest BCUT2D eigenvalue weighted by molar-refractivity contribution is -0.128. The average molecular weight is 326 g/mol. The van der Waals surface area contributed by atoms with Crippen LogP contribution in [0.3, 0.4) is 0 Å². The number of carbonyl (C=O) groups excluding carboxylic acids is 2. The number of aryl methyl sites for hydroxylation is 2. The van der Waals surface area contributed by atoms with E-state index in [2.05, 4.69) is 10.9 Å². The zero-order valence-electron chi connectivity index (χ0n) is 14.3. The van der Waals surface area contributed by atoms with Crippen molar-refractivity contribution in [2.45, 2.75) is 33.8 Å². The van der Waals surface area contributed by atoms with Gasteiger partial charge in [-0.15, -0.1) is 0 Å². The highest BCUT2D eigenvalue weighted by Gasteiger charge is 2.17. The molecular formula is C19H22N2O3. The van der Waals surface area contributed by atoms with E-state index in [1.54, 1.807) is 19.1 Å². The summed E-state index contributed by atoms with van der Waals surface area (Å²) in [6, 6.07) is 12.7. The van der Waals surface area contributed by atoms with Gasteiger partial charge in [0.05, 0.1) is 0 Å². The summed E-state index contributed by atoms with van der Waals surface area (Å²) in [6.45, 7) is 7.49. The van der Waals surface area contributed by atoms with Gasteiger partial charge in [-0.25, -0.2) is 0 Å². The van der Waals surface area contributed by atoms with Gasteiger partial charge in [-0.2, -0.15) is 0 Å². The third-order valence-corrected chi connectivity index (χ3v) is 3.84. The summed E-state index contributed by atoms with van der Waals surface area (Å²) in [4.78, 5) is 24.1. The summed E-state index contributed by atoms with van der Waals surface area (Å²) in [5.41, 5.74) is 8.39. The van der Waals surface area contributed by atoms with Crippen molar-refractivity contribution >= 4 is 11.8 Å². The minimum atomic E-state index is -0.733. The van der Waals surface area contributed by atoms with E-state index in [9.17, 15) is 9.59 Å². The molecule has 5 heteroatoms. The molecule has 24 heavy (non-hydrogen) atoms. The third-order valence-electron chi connectivity index (χ3n) is 3.84. The SMILES string of the molecule is Cc1ccc(C(=O)NNC(=O)C(C)Oc2cccc(C)c2C)cc1. The first-order valence-electron chi connectivity index (χ1n) is 7.78. The maximum Gasteiger partial charge on any atom is 0.279 e. The Balaban J connectivity index is 1.91. The van der Waals surface area contributed by atoms with Gasteiger partial charge in [0.25, 0.3) is 11.8 Å². The fourth-order valence-corrected chi connectivity index (χ4v) is 2.09. The van der Waals surface area contributed by atoms with Crippen LogP contribution in [0.4, 0.5) is 0 Å². The second-order valence-electron chi connectivity index (χ2n) is 5.77. The third kappa shape index (κ3) is 4.35. The summed E-state index contributed by atoms with van der Waals surface area (Å²) >= 11 is 0. The lowest BCUT2D eigenvalue weighted by Gasteiger charge is -2.17. The second-order valence-corrected chi connectivity index (χ2v) is 5.77. The summed E-state index contributed by atoms with van der Waals surface area (Å²) in [6.07, 6.45) is -0.733. The van der Waals surface area contributed by atoms with E-state index in [0.717, 1.165) is 16.7 Å². The van der Waals surface area contributed by atoms with Gasteiger partial charge >= 0.3 is 0 Å². The highest BCUT2D eigenvalue weighted by molar-refractivity contribution is 5.95. The molecule has 0 aliphatic heterocycles. The van der Waals surface area contributed by atoms with Crippen molar-refractivity contribution in [3.05, 3.63) is 64.7 Å². The van der Waals surface area contributed by atoms with E-state index in [-0.39, 0.29) is 5.91 Å². The maximum atomic E-state index is 12.1. The van der Waals surface area contributed by atoms with Crippen LogP contribution < -0.4 is 15.6 Å². The highest BCUT2D eigenvalue weighted by atomic mass is 16.5. The van der Waals surface area contributed by atoms with Crippen LogP contribution in [0.25, 0.3) is 0 Å². The van der Waals surface area contributed by atoms with Crippen LogP contribution >= 0.6 is 0 Å². The number of benzene rings is 2. The molecule has 0 spiro atoms. The number of carbonyl (C=O) groups is 2. The van der Waals surface area contributed by atoms with Gasteiger partial charge in [-0.3, -0.25) is 20.4 Å². The summed E-state index contributed by atoms with van der Waals surface area (Å²) in [5.74, 6) is -0.138. The zero-order valence-corrected chi connectivity index (χ0v) is 14.3. The first kappa shape index (κ1) is 17.5. The van der Waals surface area contributed by atoms with Gasteiger partial charge in [0, 0.05) is 5.56 Å². The Morgan fingerprint density at radius 1 is 0.958 bits per heavy atom. The Morgan fingerprint density at radius 2 is 1.62 bits per heavy atom. The van der Waals surface area contributed by atoms with Crippen LogP contribution in [0.5, 0.6) is 5.75 Å². The molecule has 5 nitrogen and oxygen atoms in total. The predicted octanol–water partition coefficient (Wildman–Crippen LogP) is 2.84. The number of hydrogen-bond acceptors (Lipinski definition) is 3. The van der Waals surface area contributed by atoms with Gasteiger partial charge in [-0.1, -0.05) is 29.8 Å².